The summed E-state index contributed by atoms with van der Waals surface area (Å²) in [6.45, 7) is 6.34. The van der Waals surface area contributed by atoms with E-state index in [9.17, 15) is 33.6 Å². The Morgan fingerprint density at radius 1 is 0.971 bits per heavy atom. The molecule has 19 heteroatoms. The van der Waals surface area contributed by atoms with E-state index in [1.807, 2.05) is 42.1 Å². The van der Waals surface area contributed by atoms with Gasteiger partial charge in [0.05, 0.1) is 48.3 Å². The lowest BCUT2D eigenvalue weighted by Gasteiger charge is -2.39. The number of aromatic nitrogens is 1. The molecule has 2 N–H and O–H groups in total. The molecule has 0 radical (unpaired) electrons. The number of piperidine rings is 2. The Hall–Kier alpha value is -6.15. The van der Waals surface area contributed by atoms with Crippen LogP contribution >= 0.6 is 11.3 Å². The number of nitrogens with one attached hydrogen (secondary N) is 2. The molecule has 5 amide bonds. The van der Waals surface area contributed by atoms with Crippen LogP contribution in [0.25, 0.3) is 21.2 Å². The SMILES string of the molecule is COc1cc(-c2cn(C)c(=O)c3cc(C(=O)NCC4CC5(CCN(C(=O)CCN6CCN(c7ccc(C(=O)N(C)C8CCC(=O)NC8=O)c(C=O)c7)CC6)CC5)CO4)sc23)cc(OC)c1CN(C)C. The summed E-state index contributed by atoms with van der Waals surface area (Å²) in [6.07, 6.45) is 5.51. The zero-order valence-corrected chi connectivity index (χ0v) is 41.1. The molecule has 0 aliphatic carbocycles. The van der Waals surface area contributed by atoms with Crippen molar-refractivity contribution in [2.45, 2.75) is 57.2 Å². The largest absolute Gasteiger partial charge is 0.496 e. The number of likely N-dealkylation sites (tertiary alicyclic amines) is 1. The Morgan fingerprint density at radius 2 is 1.68 bits per heavy atom. The van der Waals surface area contributed by atoms with Gasteiger partial charge in [-0.1, -0.05) is 0 Å². The molecule has 6 heterocycles. The first kappa shape index (κ1) is 49.3. The Balaban J connectivity index is 0.792. The number of pyridine rings is 1. The number of thiophene rings is 1. The first-order valence-corrected chi connectivity index (χ1v) is 24.3. The summed E-state index contributed by atoms with van der Waals surface area (Å²) in [5.41, 5.74) is 3.51. The minimum Gasteiger partial charge on any atom is -0.496 e. The summed E-state index contributed by atoms with van der Waals surface area (Å²) in [7, 11) is 10.4. The number of ether oxygens (including phenoxy) is 3. The van der Waals surface area contributed by atoms with E-state index < -0.39 is 17.9 Å². The van der Waals surface area contributed by atoms with Gasteiger partial charge in [-0.05, 0) is 87.2 Å². The second-order valence-electron chi connectivity index (χ2n) is 19.0. The van der Waals surface area contributed by atoms with Gasteiger partial charge in [-0.15, -0.1) is 11.3 Å². The van der Waals surface area contributed by atoms with Crippen molar-refractivity contribution in [2.75, 3.05) is 99.2 Å². The van der Waals surface area contributed by atoms with Gasteiger partial charge in [-0.2, -0.15) is 0 Å². The normalized spacial score (nSPS) is 19.5. The van der Waals surface area contributed by atoms with Gasteiger partial charge in [0.25, 0.3) is 17.4 Å². The van der Waals surface area contributed by atoms with Crippen molar-refractivity contribution in [1.82, 2.24) is 34.8 Å². The van der Waals surface area contributed by atoms with Gasteiger partial charge in [-0.3, -0.25) is 43.8 Å². The van der Waals surface area contributed by atoms with E-state index in [-0.39, 0.29) is 58.8 Å². The van der Waals surface area contributed by atoms with Crippen molar-refractivity contribution in [3.63, 3.8) is 0 Å². The molecule has 368 valence electrons. The number of rotatable bonds is 15. The van der Waals surface area contributed by atoms with E-state index in [0.29, 0.717) is 91.6 Å². The highest BCUT2D eigenvalue weighted by molar-refractivity contribution is 7.21. The first-order chi connectivity index (χ1) is 33.1. The number of aryl methyl sites for hydroxylation is 1. The third-order valence-corrected chi connectivity index (χ3v) is 15.4. The summed E-state index contributed by atoms with van der Waals surface area (Å²) < 4.78 is 20.0. The second-order valence-corrected chi connectivity index (χ2v) is 20.0. The number of likely N-dealkylation sites (N-methyl/N-ethyl adjacent to an activating group) is 1. The zero-order valence-electron chi connectivity index (χ0n) is 40.3. The molecule has 2 aromatic carbocycles. The summed E-state index contributed by atoms with van der Waals surface area (Å²) in [4.78, 5) is 100.0. The Bertz CT molecular complexity index is 2680. The van der Waals surface area contributed by atoms with E-state index in [1.54, 1.807) is 45.7 Å². The fourth-order valence-electron chi connectivity index (χ4n) is 10.1. The van der Waals surface area contributed by atoms with E-state index >= 15 is 0 Å². The Kier molecular flexibility index (Phi) is 14.9. The molecule has 4 aliphatic heterocycles. The maximum atomic E-state index is 13.6. The van der Waals surface area contributed by atoms with Gasteiger partial charge in [0.2, 0.25) is 17.7 Å². The lowest BCUT2D eigenvalue weighted by Crippen LogP contribution is -2.53. The van der Waals surface area contributed by atoms with Gasteiger partial charge >= 0.3 is 0 Å². The van der Waals surface area contributed by atoms with Crippen molar-refractivity contribution in [3.8, 4) is 22.6 Å². The maximum absolute atomic E-state index is 13.6. The molecule has 69 heavy (non-hydrogen) atoms. The number of carbonyl (C=O) groups excluding carboxylic acids is 6. The number of piperazine rings is 1. The lowest BCUT2D eigenvalue weighted by atomic mass is 9.76. The van der Waals surface area contributed by atoms with Crippen molar-refractivity contribution < 1.29 is 43.0 Å². The molecule has 18 nitrogen and oxygen atoms in total. The fourth-order valence-corrected chi connectivity index (χ4v) is 11.2. The number of fused-ring (bicyclic) bond motifs is 1. The minimum atomic E-state index is -0.790. The number of nitrogens with zero attached hydrogens (tertiary/aromatic N) is 6. The average Bonchev–Trinajstić information content (AvgIpc) is 3.98. The Labute approximate surface area is 405 Å². The fraction of sp³-hybridized carbons (Fsp3) is 0.500. The molecule has 4 saturated heterocycles. The number of hydrogen-bond acceptors (Lipinski definition) is 14. The van der Waals surface area contributed by atoms with E-state index in [2.05, 4.69) is 20.4 Å². The third-order valence-electron chi connectivity index (χ3n) is 14.2. The van der Waals surface area contributed by atoms with Gasteiger partial charge in [-0.25, -0.2) is 0 Å². The zero-order chi connectivity index (χ0) is 49.1. The maximum Gasteiger partial charge on any atom is 0.261 e. The predicted molar refractivity (Wildman–Crippen MR) is 261 cm³/mol. The molecule has 0 bridgehead atoms. The quantitative estimate of drug-likeness (QED) is 0.130. The molecule has 2 aromatic heterocycles. The van der Waals surface area contributed by atoms with Crippen LogP contribution < -0.4 is 30.6 Å². The minimum absolute atomic E-state index is 0.0515. The molecular weight excluding hydrogens is 905 g/mol. The van der Waals surface area contributed by atoms with Crippen LogP contribution in [0.1, 0.15) is 74.5 Å². The number of carbonyl (C=O) groups is 6. The first-order valence-electron chi connectivity index (χ1n) is 23.5. The van der Waals surface area contributed by atoms with Crippen LogP contribution in [0.3, 0.4) is 0 Å². The summed E-state index contributed by atoms with van der Waals surface area (Å²) in [5, 5.41) is 5.80. The second kappa shape index (κ2) is 20.8. The van der Waals surface area contributed by atoms with E-state index in [0.717, 1.165) is 54.7 Å². The van der Waals surface area contributed by atoms with Gasteiger partial charge in [0.1, 0.15) is 17.5 Å². The van der Waals surface area contributed by atoms with Crippen LogP contribution in [0, 0.1) is 5.41 Å². The lowest BCUT2D eigenvalue weighted by molar-refractivity contribution is -0.137. The molecule has 2 atom stereocenters. The number of anilines is 1. The number of benzene rings is 2. The Morgan fingerprint density at radius 3 is 2.33 bits per heavy atom. The average molecular weight is 967 g/mol. The molecule has 1 spiro atoms. The van der Waals surface area contributed by atoms with Gasteiger partial charge < -0.3 is 43.7 Å². The number of imide groups is 1. The van der Waals surface area contributed by atoms with Gasteiger partial charge in [0.15, 0.2) is 6.29 Å². The highest BCUT2D eigenvalue weighted by Crippen LogP contribution is 2.43. The van der Waals surface area contributed by atoms with Crippen LogP contribution in [0.4, 0.5) is 5.69 Å². The van der Waals surface area contributed by atoms with Crippen molar-refractivity contribution in [1.29, 1.82) is 0 Å². The number of amides is 5. The molecule has 4 fully saturated rings. The third kappa shape index (κ3) is 10.6. The van der Waals surface area contributed by atoms with Crippen molar-refractivity contribution in [3.05, 3.63) is 74.5 Å². The molecule has 8 rings (SSSR count). The summed E-state index contributed by atoms with van der Waals surface area (Å²) in [6, 6.07) is 9.89. The van der Waals surface area contributed by atoms with Gasteiger partial charge in [0, 0.05) is 114 Å². The topological polar surface area (TPSA) is 192 Å². The van der Waals surface area contributed by atoms with Crippen LogP contribution in [-0.2, 0) is 32.7 Å². The van der Waals surface area contributed by atoms with Crippen molar-refractivity contribution >= 4 is 62.9 Å². The standard InChI is InChI=1S/C50H62N8O10S/c1-53(2)27-38-40(66-5)22-31(23-41(38)67-6)37-28-54(3)48(64)36-24-42(69-45(36)37)47(63)51-26-34-25-50(30-68-34)12-15-58(16-13-50)44(61)11-14-56-17-19-57(20-18-56)33-7-8-35(32(21-33)29-59)49(65)55(4)39-9-10-43(60)52-46(39)62/h7-8,21-24,28-29,34,39H,9-20,25-27,30H2,1-6H3,(H,51,63)(H,52,60,62). The highest BCUT2D eigenvalue weighted by atomic mass is 32.1. The number of aldehydes is 1. The van der Waals surface area contributed by atoms with Crippen molar-refractivity contribution in [2.24, 2.45) is 12.5 Å². The monoisotopic (exact) mass is 966 g/mol. The van der Waals surface area contributed by atoms with E-state index in [1.165, 1.54) is 27.9 Å². The number of methoxy groups -OCH3 is 2. The van der Waals surface area contributed by atoms with Crippen LogP contribution in [-0.4, -0.2) is 166 Å². The molecule has 4 aliphatic rings. The number of hydrogen-bond donors (Lipinski definition) is 2. The summed E-state index contributed by atoms with van der Waals surface area (Å²) in [5.74, 6) is -0.149. The molecule has 0 saturated carbocycles. The highest BCUT2D eigenvalue weighted by Gasteiger charge is 2.43. The smallest absolute Gasteiger partial charge is 0.261 e. The predicted octanol–water partition coefficient (Wildman–Crippen LogP) is 3.38. The summed E-state index contributed by atoms with van der Waals surface area (Å²) >= 11 is 1.28. The van der Waals surface area contributed by atoms with Crippen LogP contribution in [0.2, 0.25) is 0 Å². The molecule has 4 aromatic rings. The van der Waals surface area contributed by atoms with Crippen LogP contribution in [0.15, 0.2) is 47.4 Å². The molecular formula is C50H62N8O10S. The molecule has 2 unspecified atom stereocenters. The van der Waals surface area contributed by atoms with E-state index in [4.69, 9.17) is 14.2 Å². The van der Waals surface area contributed by atoms with Crippen LogP contribution in [0.5, 0.6) is 11.5 Å².